The lowest BCUT2D eigenvalue weighted by molar-refractivity contribution is -0.0945. The Morgan fingerprint density at radius 3 is 2.83 bits per heavy atom. The Morgan fingerprint density at radius 1 is 1.29 bits per heavy atom. The van der Waals surface area contributed by atoms with Gasteiger partial charge in [-0.25, -0.2) is 0 Å². The van der Waals surface area contributed by atoms with Gasteiger partial charge in [-0.15, -0.1) is 6.42 Å². The van der Waals surface area contributed by atoms with Crippen molar-refractivity contribution in [2.45, 2.75) is 63.9 Å². The van der Waals surface area contributed by atoms with Crippen molar-refractivity contribution in [3.05, 3.63) is 23.5 Å². The third kappa shape index (κ3) is 2.00. The first-order valence-electron chi connectivity index (χ1n) is 9.73. The topological polar surface area (TPSA) is 29.5 Å². The molecular formula is C22H30O2. The van der Waals surface area contributed by atoms with E-state index in [0.717, 1.165) is 50.2 Å². The molecule has 6 atom stereocenters. The predicted molar refractivity (Wildman–Crippen MR) is 96.0 cm³/mol. The van der Waals surface area contributed by atoms with Gasteiger partial charge < -0.3 is 9.84 Å². The summed E-state index contributed by atoms with van der Waals surface area (Å²) in [5.41, 5.74) is 0.585. The molecule has 0 spiro atoms. The number of rotatable bonds is 2. The molecule has 0 unspecified atom stereocenters. The lowest BCUT2D eigenvalue weighted by Crippen LogP contribution is -2.53. The van der Waals surface area contributed by atoms with Crippen molar-refractivity contribution in [3.8, 4) is 12.3 Å². The molecule has 0 bridgehead atoms. The van der Waals surface area contributed by atoms with Gasteiger partial charge in [-0.3, -0.25) is 0 Å². The van der Waals surface area contributed by atoms with Gasteiger partial charge in [0.1, 0.15) is 5.60 Å². The zero-order valence-corrected chi connectivity index (χ0v) is 15.1. The molecule has 0 aromatic rings. The maximum absolute atomic E-state index is 11.2. The van der Waals surface area contributed by atoms with E-state index >= 15 is 0 Å². The number of aliphatic hydroxyl groups is 1. The normalized spacial score (nSPS) is 46.8. The summed E-state index contributed by atoms with van der Waals surface area (Å²) >= 11 is 0. The van der Waals surface area contributed by atoms with Gasteiger partial charge in [-0.2, -0.15) is 0 Å². The van der Waals surface area contributed by atoms with Crippen LogP contribution < -0.4 is 0 Å². The van der Waals surface area contributed by atoms with Gasteiger partial charge in [0.2, 0.25) is 0 Å². The highest BCUT2D eigenvalue weighted by molar-refractivity contribution is 5.33. The van der Waals surface area contributed by atoms with Crippen LogP contribution in [0.1, 0.15) is 58.3 Å². The fourth-order valence-electron chi connectivity index (χ4n) is 6.87. The van der Waals surface area contributed by atoms with Gasteiger partial charge in [0, 0.05) is 11.8 Å². The lowest BCUT2D eigenvalue weighted by Gasteiger charge is -2.55. The quantitative estimate of drug-likeness (QED) is 0.760. The number of terminal acetylenes is 1. The molecule has 0 saturated heterocycles. The smallest absolute Gasteiger partial charge is 0.131 e. The van der Waals surface area contributed by atoms with Crippen LogP contribution in [0.3, 0.4) is 0 Å². The molecule has 130 valence electrons. The maximum Gasteiger partial charge on any atom is 0.131 e. The number of methoxy groups -OCH3 is 1. The standard InChI is InChI=1S/C22H30O2/c1-4-21-12-10-18-17-9-7-16(24-3)14-15(17)6-8-19(18)20(21)11-13-22(21,23)5-2/h2,6,14,17-20,23H,4,7-13H2,1,3H3/t17-,18+,19+,20-,21-,22-/m0/s1. The Balaban J connectivity index is 1.67. The van der Waals surface area contributed by atoms with Crippen LogP contribution in [-0.4, -0.2) is 17.8 Å². The van der Waals surface area contributed by atoms with Crippen LogP contribution in [0.4, 0.5) is 0 Å². The van der Waals surface area contributed by atoms with Gasteiger partial charge in [0.15, 0.2) is 0 Å². The molecule has 4 aliphatic rings. The summed E-state index contributed by atoms with van der Waals surface area (Å²) in [7, 11) is 1.79. The summed E-state index contributed by atoms with van der Waals surface area (Å²) < 4.78 is 5.49. The second-order valence-corrected chi connectivity index (χ2v) is 8.43. The van der Waals surface area contributed by atoms with E-state index in [1.165, 1.54) is 18.4 Å². The summed E-state index contributed by atoms with van der Waals surface area (Å²) in [6.45, 7) is 2.24. The van der Waals surface area contributed by atoms with Crippen molar-refractivity contribution in [3.63, 3.8) is 0 Å². The highest BCUT2D eigenvalue weighted by Gasteiger charge is 2.63. The summed E-state index contributed by atoms with van der Waals surface area (Å²) in [4.78, 5) is 0. The van der Waals surface area contributed by atoms with E-state index in [0.29, 0.717) is 17.8 Å². The second-order valence-electron chi connectivity index (χ2n) is 8.43. The highest BCUT2D eigenvalue weighted by atomic mass is 16.5. The molecule has 0 amide bonds. The summed E-state index contributed by atoms with van der Waals surface area (Å²) in [6, 6.07) is 0. The minimum Gasteiger partial charge on any atom is -0.501 e. The average molecular weight is 326 g/mol. The molecule has 0 aliphatic heterocycles. The Kier molecular flexibility index (Phi) is 3.84. The molecule has 0 heterocycles. The van der Waals surface area contributed by atoms with Gasteiger partial charge >= 0.3 is 0 Å². The summed E-state index contributed by atoms with van der Waals surface area (Å²) in [6.07, 6.45) is 19.2. The third-order valence-electron chi connectivity index (χ3n) is 8.07. The lowest BCUT2D eigenvalue weighted by atomic mass is 9.50. The van der Waals surface area contributed by atoms with Gasteiger partial charge in [0.25, 0.3) is 0 Å². The zero-order chi connectivity index (χ0) is 16.9. The van der Waals surface area contributed by atoms with E-state index in [1.54, 1.807) is 7.11 Å². The molecule has 2 heteroatoms. The molecule has 1 N–H and O–H groups in total. The second kappa shape index (κ2) is 5.67. The van der Waals surface area contributed by atoms with Gasteiger partial charge in [-0.05, 0) is 80.3 Å². The van der Waals surface area contributed by atoms with E-state index in [4.69, 9.17) is 11.2 Å². The molecule has 4 aliphatic carbocycles. The Morgan fingerprint density at radius 2 is 2.12 bits per heavy atom. The van der Waals surface area contributed by atoms with Crippen molar-refractivity contribution in [2.24, 2.45) is 29.1 Å². The number of hydrogen-bond donors (Lipinski definition) is 1. The van der Waals surface area contributed by atoms with E-state index in [1.807, 2.05) is 0 Å². The molecule has 0 aromatic carbocycles. The zero-order valence-electron chi connectivity index (χ0n) is 15.1. The first kappa shape index (κ1) is 16.3. The fraction of sp³-hybridized carbons (Fsp3) is 0.727. The monoisotopic (exact) mass is 326 g/mol. The number of allylic oxidation sites excluding steroid dienone is 4. The molecule has 2 nitrogen and oxygen atoms in total. The molecule has 0 radical (unpaired) electrons. The van der Waals surface area contributed by atoms with Crippen molar-refractivity contribution in [2.75, 3.05) is 7.11 Å². The molecular weight excluding hydrogens is 296 g/mol. The first-order chi connectivity index (χ1) is 11.6. The maximum atomic E-state index is 11.2. The Labute approximate surface area is 146 Å². The molecule has 2 fully saturated rings. The molecule has 0 aromatic heterocycles. The first-order valence-corrected chi connectivity index (χ1v) is 9.73. The van der Waals surface area contributed by atoms with E-state index in [-0.39, 0.29) is 5.41 Å². The van der Waals surface area contributed by atoms with Crippen LogP contribution in [0.2, 0.25) is 0 Å². The predicted octanol–water partition coefficient (Wildman–Crippen LogP) is 4.45. The largest absolute Gasteiger partial charge is 0.501 e. The van der Waals surface area contributed by atoms with Crippen LogP contribution in [0.15, 0.2) is 23.5 Å². The van der Waals surface area contributed by atoms with Crippen molar-refractivity contribution < 1.29 is 9.84 Å². The molecule has 2 saturated carbocycles. The minimum atomic E-state index is -0.878. The van der Waals surface area contributed by atoms with E-state index < -0.39 is 5.60 Å². The van der Waals surface area contributed by atoms with Crippen LogP contribution in [0.25, 0.3) is 0 Å². The van der Waals surface area contributed by atoms with Crippen LogP contribution in [-0.2, 0) is 4.74 Å². The Hall–Kier alpha value is -1.20. The van der Waals surface area contributed by atoms with Crippen molar-refractivity contribution in [1.29, 1.82) is 0 Å². The minimum absolute atomic E-state index is 0.0452. The van der Waals surface area contributed by atoms with E-state index in [2.05, 4.69) is 25.0 Å². The fourth-order valence-corrected chi connectivity index (χ4v) is 6.87. The molecule has 4 rings (SSSR count). The van der Waals surface area contributed by atoms with Crippen molar-refractivity contribution >= 4 is 0 Å². The van der Waals surface area contributed by atoms with Crippen molar-refractivity contribution in [1.82, 2.24) is 0 Å². The third-order valence-corrected chi connectivity index (χ3v) is 8.07. The summed E-state index contributed by atoms with van der Waals surface area (Å²) in [5.74, 6) is 6.70. The van der Waals surface area contributed by atoms with Gasteiger partial charge in [0.05, 0.1) is 12.9 Å². The average Bonchev–Trinajstić information content (AvgIpc) is 2.94. The highest BCUT2D eigenvalue weighted by Crippen LogP contribution is 2.65. The van der Waals surface area contributed by atoms with Crippen LogP contribution in [0, 0.1) is 41.4 Å². The number of fused-ring (bicyclic) bond motifs is 5. The van der Waals surface area contributed by atoms with Gasteiger partial charge in [-0.1, -0.05) is 18.9 Å². The molecule has 24 heavy (non-hydrogen) atoms. The SMILES string of the molecule is C#C[C@]1(O)CC[C@H]2[C@@H]3CC=C4C=C(OC)CC[C@@H]4[C@H]3CC[C@@]21CC. The van der Waals surface area contributed by atoms with Crippen LogP contribution in [0.5, 0.6) is 0 Å². The number of ether oxygens (including phenoxy) is 1. The van der Waals surface area contributed by atoms with E-state index in [9.17, 15) is 5.11 Å². The number of hydrogen-bond acceptors (Lipinski definition) is 2. The van der Waals surface area contributed by atoms with Crippen LogP contribution >= 0.6 is 0 Å². The summed E-state index contributed by atoms with van der Waals surface area (Å²) in [5, 5.41) is 11.2. The Bertz CT molecular complexity index is 624.